The van der Waals surface area contributed by atoms with Crippen LogP contribution in [-0.4, -0.2) is 18.2 Å². The largest absolute Gasteiger partial charge is 1.00 e. The molecule has 0 aliphatic carbocycles. The zero-order valence-electron chi connectivity index (χ0n) is 5.93. The van der Waals surface area contributed by atoms with E-state index >= 15 is 0 Å². The summed E-state index contributed by atoms with van der Waals surface area (Å²) < 4.78 is 49.3. The number of hydrogen-bond donors (Lipinski definition) is 1. The summed E-state index contributed by atoms with van der Waals surface area (Å²) in [5.74, 6) is 0. The summed E-state index contributed by atoms with van der Waals surface area (Å²) in [6, 6.07) is 0. The summed E-state index contributed by atoms with van der Waals surface area (Å²) in [5.41, 5.74) is 0. The maximum absolute atomic E-state index is 11.4. The van der Waals surface area contributed by atoms with Crippen molar-refractivity contribution in [3.8, 4) is 0 Å². The third-order valence-electron chi connectivity index (χ3n) is 0.453. The van der Waals surface area contributed by atoms with E-state index in [0.29, 0.717) is 0 Å². The van der Waals surface area contributed by atoms with Crippen LogP contribution in [-0.2, 0) is 10.1 Å². The van der Waals surface area contributed by atoms with Gasteiger partial charge in [0.25, 0.3) is 0 Å². The van der Waals surface area contributed by atoms with Gasteiger partial charge in [-0.2, -0.15) is 17.2 Å². The van der Waals surface area contributed by atoms with Crippen LogP contribution in [0.1, 0.15) is 8.35 Å². The fraction of sp³-hybridized carbons (Fsp3) is 1.00. The van der Waals surface area contributed by atoms with E-state index in [1.807, 2.05) is 0 Å². The van der Waals surface area contributed by atoms with E-state index in [2.05, 4.69) is 0 Å². The quantitative estimate of drug-likeness (QED) is 0.352. The van der Waals surface area contributed by atoms with Gasteiger partial charge in [-0.05, 0) is 0 Å². The molecule has 0 bridgehead atoms. The van der Waals surface area contributed by atoms with Crippen molar-refractivity contribution < 1.29 is 52.7 Å². The van der Waals surface area contributed by atoms with Crippen molar-refractivity contribution in [2.24, 2.45) is 0 Å². The van der Waals surface area contributed by atoms with E-state index in [1.54, 1.807) is 0 Å². The normalized spacial score (nSPS) is 12.4. The van der Waals surface area contributed by atoms with Gasteiger partial charge in [0, 0.05) is 6.92 Å². The number of alkyl halides is 2. The van der Waals surface area contributed by atoms with Crippen molar-refractivity contribution in [2.45, 2.75) is 12.2 Å². The van der Waals surface area contributed by atoms with Crippen LogP contribution in [0.15, 0.2) is 0 Å². The Labute approximate surface area is 75.0 Å². The van der Waals surface area contributed by atoms with Crippen molar-refractivity contribution >= 4 is 10.1 Å². The van der Waals surface area contributed by atoms with E-state index in [1.165, 1.54) is 0 Å². The molecule has 9 heavy (non-hydrogen) atoms. The van der Waals surface area contributed by atoms with Gasteiger partial charge in [-0.1, -0.05) is 0 Å². The van der Waals surface area contributed by atoms with Crippen LogP contribution in [0.2, 0.25) is 0 Å². The maximum Gasteiger partial charge on any atom is 1.00 e. The summed E-state index contributed by atoms with van der Waals surface area (Å²) >= 11 is 0. The summed E-state index contributed by atoms with van der Waals surface area (Å²) in [6.45, 7) is 0.0995. The zero-order chi connectivity index (χ0) is 7.00. The van der Waals surface area contributed by atoms with Crippen LogP contribution >= 0.6 is 0 Å². The molecule has 7 heteroatoms. The average Bonchev–Trinajstić information content (AvgIpc) is 1.25. The van der Waals surface area contributed by atoms with Gasteiger partial charge in [0.2, 0.25) is 0 Å². The first-order valence-corrected chi connectivity index (χ1v) is 3.04. The molecule has 0 aliphatic heterocycles. The molecule has 52 valence electrons. The minimum atomic E-state index is -5.17. The molecule has 3 nitrogen and oxygen atoms in total. The Morgan fingerprint density at radius 2 is 1.67 bits per heavy atom. The van der Waals surface area contributed by atoms with Gasteiger partial charge in [-0.3, -0.25) is 4.55 Å². The van der Waals surface area contributed by atoms with Crippen molar-refractivity contribution in [3.63, 3.8) is 0 Å². The summed E-state index contributed by atoms with van der Waals surface area (Å²) in [6.07, 6.45) is 0. The Morgan fingerprint density at radius 1 is 1.56 bits per heavy atom. The molecule has 0 aromatic carbocycles. The predicted octanol–water partition coefficient (Wildman–Crippen LogP) is -2.40. The molecular weight excluding hydrogens is 165 g/mol. The Kier molecular flexibility index (Phi) is 4.49. The Morgan fingerprint density at radius 3 is 1.67 bits per heavy atom. The molecule has 0 saturated heterocycles. The van der Waals surface area contributed by atoms with Gasteiger partial charge in [0.15, 0.2) is 0 Å². The Balaban J connectivity index is -0.000000245. The van der Waals surface area contributed by atoms with Gasteiger partial charge in [0.1, 0.15) is 0 Å². The maximum atomic E-state index is 11.4. The van der Waals surface area contributed by atoms with Crippen LogP contribution < -0.4 is 29.6 Å². The molecule has 0 aromatic heterocycles. The second-order valence-electron chi connectivity index (χ2n) is 1.28. The van der Waals surface area contributed by atoms with Crippen molar-refractivity contribution in [3.05, 3.63) is 0 Å². The molecule has 0 spiro atoms. The summed E-state index contributed by atoms with van der Waals surface area (Å²) in [7, 11) is -5.17. The van der Waals surface area contributed by atoms with Crippen LogP contribution in [0.4, 0.5) is 8.78 Å². The molecule has 0 aliphatic rings. The monoisotopic (exact) mass is 170 g/mol. The first-order valence-electron chi connectivity index (χ1n) is 1.60. The van der Waals surface area contributed by atoms with Gasteiger partial charge >= 0.3 is 44.9 Å². The van der Waals surface area contributed by atoms with E-state index in [-0.39, 0.29) is 37.9 Å². The van der Waals surface area contributed by atoms with E-state index in [4.69, 9.17) is 4.55 Å². The van der Waals surface area contributed by atoms with Crippen LogP contribution in [0.3, 0.4) is 0 Å². The van der Waals surface area contributed by atoms with E-state index in [0.717, 1.165) is 0 Å². The number of rotatable bonds is 1. The molecular formula is C2H5F2NaO3S. The van der Waals surface area contributed by atoms with Gasteiger partial charge in [-0.15, -0.1) is 0 Å². The molecule has 0 unspecified atom stereocenters. The first kappa shape index (κ1) is 12.4. The van der Waals surface area contributed by atoms with Crippen LogP contribution in [0, 0.1) is 0 Å². The van der Waals surface area contributed by atoms with Gasteiger partial charge in [-0.25, -0.2) is 0 Å². The minimum Gasteiger partial charge on any atom is -1.00 e. The molecule has 0 fully saturated rings. The van der Waals surface area contributed by atoms with Gasteiger partial charge < -0.3 is 1.43 Å². The third-order valence-corrected chi connectivity index (χ3v) is 1.36. The number of hydrogen-bond acceptors (Lipinski definition) is 2. The fourth-order valence-electron chi connectivity index (χ4n) is 0. The van der Waals surface area contributed by atoms with E-state index in [9.17, 15) is 17.2 Å². The van der Waals surface area contributed by atoms with Crippen molar-refractivity contribution in [1.29, 1.82) is 0 Å². The molecule has 0 amide bonds. The average molecular weight is 170 g/mol. The SMILES string of the molecule is CC(F)(F)S(=O)(=O)O.[H-].[Na+]. The topological polar surface area (TPSA) is 54.4 Å². The third kappa shape index (κ3) is 4.21. The van der Waals surface area contributed by atoms with Crippen LogP contribution in [0.25, 0.3) is 0 Å². The Bertz CT molecular complexity index is 173. The van der Waals surface area contributed by atoms with Crippen molar-refractivity contribution in [1.82, 2.24) is 0 Å². The molecule has 0 heterocycles. The Hall–Kier alpha value is 0.770. The van der Waals surface area contributed by atoms with Crippen LogP contribution in [0.5, 0.6) is 0 Å². The van der Waals surface area contributed by atoms with Gasteiger partial charge in [0.05, 0.1) is 0 Å². The first-order chi connectivity index (χ1) is 3.25. The molecule has 0 aromatic rings. The second-order valence-corrected chi connectivity index (χ2v) is 2.95. The van der Waals surface area contributed by atoms with Crippen molar-refractivity contribution in [2.75, 3.05) is 0 Å². The van der Waals surface area contributed by atoms with E-state index < -0.39 is 15.4 Å². The summed E-state index contributed by atoms with van der Waals surface area (Å²) in [5, 5.41) is -4.03. The number of halogens is 2. The fourth-order valence-corrected chi connectivity index (χ4v) is 0. The summed E-state index contributed by atoms with van der Waals surface area (Å²) in [4.78, 5) is 0. The molecule has 1 N–H and O–H groups in total. The molecule has 0 radical (unpaired) electrons. The standard InChI is InChI=1S/C2H4F2O3S.Na.H/c1-2(3,4)8(5,6)7;;/h1H3,(H,5,6,7);;/q;+1;-1. The minimum absolute atomic E-state index is 0. The molecule has 0 atom stereocenters. The second kappa shape index (κ2) is 3.25. The zero-order valence-corrected chi connectivity index (χ0v) is 7.74. The predicted molar refractivity (Wildman–Crippen MR) is 23.3 cm³/mol. The molecule has 0 rings (SSSR count). The smallest absolute Gasteiger partial charge is 1.00 e. The molecule has 0 saturated carbocycles.